The first-order valence-corrected chi connectivity index (χ1v) is 5.40. The SMILES string of the molecule is C=CCNCC(C)N1CCOCC1C. The minimum atomic E-state index is 0.546. The number of nitrogens with zero attached hydrogens (tertiary/aromatic N) is 1. The summed E-state index contributed by atoms with van der Waals surface area (Å²) in [6, 6.07) is 1.12. The fourth-order valence-corrected chi connectivity index (χ4v) is 1.91. The van der Waals surface area contributed by atoms with Crippen molar-refractivity contribution in [1.29, 1.82) is 0 Å². The molecule has 0 saturated carbocycles. The lowest BCUT2D eigenvalue weighted by Gasteiger charge is -2.37. The molecule has 0 aromatic rings. The zero-order valence-corrected chi connectivity index (χ0v) is 9.33. The highest BCUT2D eigenvalue weighted by atomic mass is 16.5. The van der Waals surface area contributed by atoms with E-state index in [0.29, 0.717) is 12.1 Å². The summed E-state index contributed by atoms with van der Waals surface area (Å²) in [5.74, 6) is 0. The van der Waals surface area contributed by atoms with Crippen molar-refractivity contribution in [3.05, 3.63) is 12.7 Å². The molecule has 1 aliphatic rings. The minimum absolute atomic E-state index is 0.546. The van der Waals surface area contributed by atoms with E-state index >= 15 is 0 Å². The van der Waals surface area contributed by atoms with Crippen molar-refractivity contribution in [2.24, 2.45) is 0 Å². The van der Waals surface area contributed by atoms with Crippen molar-refractivity contribution in [3.63, 3.8) is 0 Å². The van der Waals surface area contributed by atoms with Gasteiger partial charge in [0, 0.05) is 31.7 Å². The molecular formula is C11H22N2O. The molecule has 0 amide bonds. The first kappa shape index (κ1) is 11.7. The standard InChI is InChI=1S/C11H22N2O/c1-4-5-12-8-10(2)13-6-7-14-9-11(13)3/h4,10-12H,1,5-9H2,2-3H3. The van der Waals surface area contributed by atoms with Gasteiger partial charge in [-0.15, -0.1) is 6.58 Å². The zero-order valence-electron chi connectivity index (χ0n) is 9.33. The first-order valence-electron chi connectivity index (χ1n) is 5.40. The number of rotatable bonds is 5. The first-order chi connectivity index (χ1) is 6.75. The Balaban J connectivity index is 2.26. The van der Waals surface area contributed by atoms with Gasteiger partial charge in [0.25, 0.3) is 0 Å². The molecular weight excluding hydrogens is 176 g/mol. The third kappa shape index (κ3) is 3.40. The summed E-state index contributed by atoms with van der Waals surface area (Å²) in [7, 11) is 0. The summed E-state index contributed by atoms with van der Waals surface area (Å²) in [6.45, 7) is 12.9. The van der Waals surface area contributed by atoms with E-state index in [9.17, 15) is 0 Å². The van der Waals surface area contributed by atoms with Gasteiger partial charge in [0.1, 0.15) is 0 Å². The lowest BCUT2D eigenvalue weighted by atomic mass is 10.2. The molecule has 0 bridgehead atoms. The van der Waals surface area contributed by atoms with Crippen LogP contribution >= 0.6 is 0 Å². The predicted octanol–water partition coefficient (Wildman–Crippen LogP) is 0.871. The lowest BCUT2D eigenvalue weighted by molar-refractivity contribution is -0.0179. The third-order valence-electron chi connectivity index (χ3n) is 2.71. The highest BCUT2D eigenvalue weighted by Gasteiger charge is 2.22. The summed E-state index contributed by atoms with van der Waals surface area (Å²) in [6.07, 6.45) is 1.90. The quantitative estimate of drug-likeness (QED) is 0.524. The number of hydrogen-bond acceptors (Lipinski definition) is 3. The molecule has 14 heavy (non-hydrogen) atoms. The van der Waals surface area contributed by atoms with Crippen molar-refractivity contribution in [2.75, 3.05) is 32.8 Å². The van der Waals surface area contributed by atoms with E-state index in [-0.39, 0.29) is 0 Å². The van der Waals surface area contributed by atoms with Crippen molar-refractivity contribution in [3.8, 4) is 0 Å². The van der Waals surface area contributed by atoms with Gasteiger partial charge in [-0.25, -0.2) is 0 Å². The Kier molecular flexibility index (Phi) is 5.15. The van der Waals surface area contributed by atoms with E-state index in [1.165, 1.54) is 0 Å². The Morgan fingerprint density at radius 1 is 1.71 bits per heavy atom. The molecule has 0 aromatic heterocycles. The Labute approximate surface area is 87.1 Å². The van der Waals surface area contributed by atoms with E-state index in [4.69, 9.17) is 4.74 Å². The van der Waals surface area contributed by atoms with Crippen molar-refractivity contribution >= 4 is 0 Å². The fourth-order valence-electron chi connectivity index (χ4n) is 1.91. The second-order valence-corrected chi connectivity index (χ2v) is 3.96. The molecule has 1 rings (SSSR count). The molecule has 3 nitrogen and oxygen atoms in total. The smallest absolute Gasteiger partial charge is 0.0619 e. The minimum Gasteiger partial charge on any atom is -0.379 e. The number of hydrogen-bond donors (Lipinski definition) is 1. The van der Waals surface area contributed by atoms with Gasteiger partial charge in [-0.1, -0.05) is 6.08 Å². The van der Waals surface area contributed by atoms with E-state index in [1.807, 2.05) is 6.08 Å². The van der Waals surface area contributed by atoms with Crippen LogP contribution in [0.2, 0.25) is 0 Å². The van der Waals surface area contributed by atoms with Crippen molar-refractivity contribution in [2.45, 2.75) is 25.9 Å². The maximum atomic E-state index is 5.41. The number of ether oxygens (including phenoxy) is 1. The number of morpholine rings is 1. The monoisotopic (exact) mass is 198 g/mol. The van der Waals surface area contributed by atoms with Gasteiger partial charge in [0.15, 0.2) is 0 Å². The molecule has 0 radical (unpaired) electrons. The molecule has 2 unspecified atom stereocenters. The molecule has 1 saturated heterocycles. The molecule has 0 aliphatic carbocycles. The maximum Gasteiger partial charge on any atom is 0.0619 e. The number of nitrogens with one attached hydrogen (secondary N) is 1. The van der Waals surface area contributed by atoms with Crippen LogP contribution in [-0.4, -0.2) is 49.8 Å². The van der Waals surface area contributed by atoms with E-state index in [1.54, 1.807) is 0 Å². The second-order valence-electron chi connectivity index (χ2n) is 3.96. The van der Waals surface area contributed by atoms with Crippen LogP contribution in [0.25, 0.3) is 0 Å². The van der Waals surface area contributed by atoms with Gasteiger partial charge in [-0.3, -0.25) is 4.90 Å². The van der Waals surface area contributed by atoms with Crippen LogP contribution in [-0.2, 0) is 4.74 Å². The molecule has 1 aliphatic heterocycles. The Morgan fingerprint density at radius 2 is 2.50 bits per heavy atom. The molecule has 0 spiro atoms. The van der Waals surface area contributed by atoms with Gasteiger partial charge in [0.05, 0.1) is 13.2 Å². The van der Waals surface area contributed by atoms with Crippen molar-refractivity contribution < 1.29 is 4.74 Å². The zero-order chi connectivity index (χ0) is 10.4. The Hall–Kier alpha value is -0.380. The van der Waals surface area contributed by atoms with Crippen LogP contribution in [0, 0.1) is 0 Å². The van der Waals surface area contributed by atoms with Gasteiger partial charge < -0.3 is 10.1 Å². The van der Waals surface area contributed by atoms with Crippen LogP contribution in [0.3, 0.4) is 0 Å². The fraction of sp³-hybridized carbons (Fsp3) is 0.818. The van der Waals surface area contributed by atoms with Gasteiger partial charge in [0.2, 0.25) is 0 Å². The molecule has 0 aromatic carbocycles. The molecule has 1 N–H and O–H groups in total. The van der Waals surface area contributed by atoms with E-state index < -0.39 is 0 Å². The lowest BCUT2D eigenvalue weighted by Crippen LogP contribution is -2.51. The highest BCUT2D eigenvalue weighted by Crippen LogP contribution is 2.09. The molecule has 82 valence electrons. The third-order valence-corrected chi connectivity index (χ3v) is 2.71. The van der Waals surface area contributed by atoms with Crippen LogP contribution < -0.4 is 5.32 Å². The van der Waals surface area contributed by atoms with E-state index in [2.05, 4.69) is 30.6 Å². The predicted molar refractivity (Wildman–Crippen MR) is 59.5 cm³/mol. The summed E-state index contributed by atoms with van der Waals surface area (Å²) in [5, 5.41) is 3.35. The topological polar surface area (TPSA) is 24.5 Å². The Bertz CT molecular complexity index is 173. The van der Waals surface area contributed by atoms with Crippen LogP contribution in [0.1, 0.15) is 13.8 Å². The second kappa shape index (κ2) is 6.17. The summed E-state index contributed by atoms with van der Waals surface area (Å²) in [4.78, 5) is 2.50. The van der Waals surface area contributed by atoms with Crippen LogP contribution in [0.15, 0.2) is 12.7 Å². The van der Waals surface area contributed by atoms with Crippen molar-refractivity contribution in [1.82, 2.24) is 10.2 Å². The van der Waals surface area contributed by atoms with Gasteiger partial charge in [-0.2, -0.15) is 0 Å². The summed E-state index contributed by atoms with van der Waals surface area (Å²) in [5.41, 5.74) is 0. The average Bonchev–Trinajstić information content (AvgIpc) is 2.18. The molecule has 2 atom stereocenters. The van der Waals surface area contributed by atoms with E-state index in [0.717, 1.165) is 32.8 Å². The van der Waals surface area contributed by atoms with Gasteiger partial charge in [-0.05, 0) is 13.8 Å². The summed E-state index contributed by atoms with van der Waals surface area (Å²) < 4.78 is 5.41. The largest absolute Gasteiger partial charge is 0.379 e. The van der Waals surface area contributed by atoms with Crippen LogP contribution in [0.4, 0.5) is 0 Å². The molecule has 3 heteroatoms. The average molecular weight is 198 g/mol. The summed E-state index contributed by atoms with van der Waals surface area (Å²) >= 11 is 0. The maximum absolute atomic E-state index is 5.41. The van der Waals surface area contributed by atoms with Crippen LogP contribution in [0.5, 0.6) is 0 Å². The van der Waals surface area contributed by atoms with Gasteiger partial charge >= 0.3 is 0 Å². The molecule has 1 heterocycles. The normalized spacial score (nSPS) is 26.0. The highest BCUT2D eigenvalue weighted by molar-refractivity contribution is 4.79. The molecule has 1 fully saturated rings. The Morgan fingerprint density at radius 3 is 3.14 bits per heavy atom.